The molecule has 3 aromatic carbocycles. The number of fused-ring (bicyclic) bond motifs is 5. The Balaban J connectivity index is 1.49. The van der Waals surface area contributed by atoms with E-state index in [4.69, 9.17) is 9.47 Å². The number of imide groups is 1. The van der Waals surface area contributed by atoms with Crippen LogP contribution in [-0.4, -0.2) is 46.8 Å². The van der Waals surface area contributed by atoms with Crippen molar-refractivity contribution in [2.75, 3.05) is 29.9 Å². The molecule has 0 aliphatic carbocycles. The molecule has 2 N–H and O–H groups in total. The first-order chi connectivity index (χ1) is 19.8. The summed E-state index contributed by atoms with van der Waals surface area (Å²) in [4.78, 5) is 34.3. The number of benzene rings is 3. The zero-order valence-corrected chi connectivity index (χ0v) is 23.1. The summed E-state index contributed by atoms with van der Waals surface area (Å²) in [5.74, 6) is 0.646. The van der Waals surface area contributed by atoms with Gasteiger partial charge in [-0.15, -0.1) is 0 Å². The van der Waals surface area contributed by atoms with Crippen molar-refractivity contribution in [3.63, 3.8) is 0 Å². The van der Waals surface area contributed by atoms with E-state index in [1.165, 1.54) is 24.3 Å². The van der Waals surface area contributed by atoms with Gasteiger partial charge in [0.25, 0.3) is 5.91 Å². The van der Waals surface area contributed by atoms with Gasteiger partial charge in [-0.25, -0.2) is 9.69 Å². The lowest BCUT2D eigenvalue weighted by Gasteiger charge is -2.40. The zero-order valence-electron chi connectivity index (χ0n) is 23.1. The van der Waals surface area contributed by atoms with E-state index in [-0.39, 0.29) is 23.4 Å². The summed E-state index contributed by atoms with van der Waals surface area (Å²) < 4.78 is 11.9. The predicted molar refractivity (Wildman–Crippen MR) is 155 cm³/mol. The van der Waals surface area contributed by atoms with Crippen molar-refractivity contribution in [3.8, 4) is 11.5 Å². The van der Waals surface area contributed by atoms with Crippen LogP contribution in [0.3, 0.4) is 0 Å². The molecule has 3 amide bonds. The highest BCUT2D eigenvalue weighted by molar-refractivity contribution is 6.23. The van der Waals surface area contributed by atoms with Gasteiger partial charge in [0.05, 0.1) is 30.3 Å². The van der Waals surface area contributed by atoms with Crippen LogP contribution in [0.5, 0.6) is 11.5 Å². The van der Waals surface area contributed by atoms with E-state index in [1.54, 1.807) is 11.8 Å². The molecule has 212 valence electrons. The fraction of sp³-hybridized carbons (Fsp3) is 0.290. The molecule has 1 aromatic heterocycles. The predicted octanol–water partition coefficient (Wildman–Crippen LogP) is 5.88. The van der Waals surface area contributed by atoms with Crippen molar-refractivity contribution in [1.29, 1.82) is 0 Å². The van der Waals surface area contributed by atoms with E-state index >= 15 is 0 Å². The van der Waals surface area contributed by atoms with E-state index in [9.17, 15) is 20.0 Å². The summed E-state index contributed by atoms with van der Waals surface area (Å²) in [5, 5.41) is 21.2. The van der Waals surface area contributed by atoms with Crippen LogP contribution in [0.1, 0.15) is 49.9 Å². The first kappa shape index (κ1) is 26.7. The number of amides is 3. The Morgan fingerprint density at radius 1 is 1.05 bits per heavy atom. The van der Waals surface area contributed by atoms with Crippen molar-refractivity contribution >= 4 is 34.2 Å². The summed E-state index contributed by atoms with van der Waals surface area (Å²) in [6, 6.07) is 19.0. The fourth-order valence-corrected chi connectivity index (χ4v) is 5.99. The third-order valence-corrected chi connectivity index (χ3v) is 7.99. The van der Waals surface area contributed by atoms with Gasteiger partial charge in [-0.2, -0.15) is 0 Å². The van der Waals surface area contributed by atoms with Gasteiger partial charge in [0.2, 0.25) is 0 Å². The van der Waals surface area contributed by atoms with Crippen LogP contribution < -0.4 is 19.6 Å². The number of hydrogen-bond acceptors (Lipinski definition) is 7. The average molecular weight is 556 g/mol. The molecule has 0 saturated carbocycles. The van der Waals surface area contributed by atoms with Crippen molar-refractivity contribution in [1.82, 2.24) is 9.88 Å². The third-order valence-electron chi connectivity index (χ3n) is 7.99. The van der Waals surface area contributed by atoms with Crippen LogP contribution in [0.4, 0.5) is 16.2 Å². The molecular weight excluding hydrogens is 524 g/mol. The van der Waals surface area contributed by atoms with Gasteiger partial charge in [0.1, 0.15) is 0 Å². The average Bonchev–Trinajstić information content (AvgIpc) is 3.46. The fourth-order valence-electron chi connectivity index (χ4n) is 5.99. The summed E-state index contributed by atoms with van der Waals surface area (Å²) in [6.07, 6.45) is 0.868. The lowest BCUT2D eigenvalue weighted by Crippen LogP contribution is -2.50. The Labute approximate surface area is 237 Å². The SMILES string of the molecule is CCCOc1ccc(C2CN3C(=O)N(c4ccc(N([O-])O)cc4)C(=O)[C@]3(C)c3[nH]c4ccccc4c32)cc1OCC. The molecule has 4 aromatic rings. The van der Waals surface area contributed by atoms with Crippen molar-refractivity contribution in [2.45, 2.75) is 38.6 Å². The maximum absolute atomic E-state index is 14.1. The monoisotopic (exact) mass is 555 g/mol. The van der Waals surface area contributed by atoms with Crippen molar-refractivity contribution < 1.29 is 24.3 Å². The van der Waals surface area contributed by atoms with Crippen molar-refractivity contribution in [2.24, 2.45) is 0 Å². The lowest BCUT2D eigenvalue weighted by atomic mass is 9.78. The highest BCUT2D eigenvalue weighted by Crippen LogP contribution is 2.51. The van der Waals surface area contributed by atoms with E-state index in [2.05, 4.69) is 4.98 Å². The van der Waals surface area contributed by atoms with Crippen molar-refractivity contribution in [3.05, 3.63) is 88.8 Å². The number of hydrogen-bond donors (Lipinski definition) is 2. The molecule has 1 unspecified atom stereocenters. The number of nitrogens with one attached hydrogen (secondary N) is 1. The minimum atomic E-state index is -1.28. The third kappa shape index (κ3) is 4.10. The van der Waals surface area contributed by atoms with Gasteiger partial charge in [0, 0.05) is 23.4 Å². The van der Waals surface area contributed by atoms with Crippen LogP contribution in [0.25, 0.3) is 10.9 Å². The summed E-state index contributed by atoms with van der Waals surface area (Å²) in [7, 11) is 0. The maximum Gasteiger partial charge on any atom is 0.332 e. The topological polar surface area (TPSA) is 121 Å². The van der Waals surface area contributed by atoms with E-state index in [0.717, 1.165) is 33.4 Å². The van der Waals surface area contributed by atoms with E-state index in [1.807, 2.05) is 56.3 Å². The van der Waals surface area contributed by atoms with Crippen LogP contribution in [0.15, 0.2) is 66.7 Å². The number of urea groups is 1. The van der Waals surface area contributed by atoms with Gasteiger partial charge >= 0.3 is 6.03 Å². The van der Waals surface area contributed by atoms with Gasteiger partial charge in [-0.1, -0.05) is 31.2 Å². The minimum Gasteiger partial charge on any atom is -0.733 e. The number of para-hydroxylation sites is 1. The molecule has 10 nitrogen and oxygen atoms in total. The molecule has 2 atom stereocenters. The van der Waals surface area contributed by atoms with Gasteiger partial charge < -0.3 is 29.8 Å². The second-order valence-electron chi connectivity index (χ2n) is 10.4. The van der Waals surface area contributed by atoms with E-state index < -0.39 is 17.5 Å². The molecule has 3 heterocycles. The molecule has 2 aliphatic rings. The van der Waals surface area contributed by atoms with Crippen LogP contribution >= 0.6 is 0 Å². The summed E-state index contributed by atoms with van der Waals surface area (Å²) in [5.41, 5.74) is 2.46. The molecule has 41 heavy (non-hydrogen) atoms. The number of rotatable bonds is 8. The quantitative estimate of drug-likeness (QED) is 0.206. The number of aromatic amines is 1. The molecule has 2 aliphatic heterocycles. The molecule has 1 saturated heterocycles. The Morgan fingerprint density at radius 2 is 1.80 bits per heavy atom. The molecule has 0 radical (unpaired) electrons. The summed E-state index contributed by atoms with van der Waals surface area (Å²) >= 11 is 0. The number of anilines is 2. The Hall–Kier alpha value is -4.54. The lowest BCUT2D eigenvalue weighted by molar-refractivity contribution is -0.125. The number of ether oxygens (including phenoxy) is 2. The molecule has 1 fully saturated rings. The molecule has 6 rings (SSSR count). The van der Waals surface area contributed by atoms with E-state index in [0.29, 0.717) is 36.1 Å². The smallest absolute Gasteiger partial charge is 0.332 e. The summed E-state index contributed by atoms with van der Waals surface area (Å²) in [6.45, 7) is 7.04. The number of H-pyrrole nitrogens is 1. The highest BCUT2D eigenvalue weighted by atomic mass is 16.8. The van der Waals surface area contributed by atoms with Gasteiger partial charge in [-0.3, -0.25) is 10.0 Å². The van der Waals surface area contributed by atoms with Crippen LogP contribution in [-0.2, 0) is 10.3 Å². The normalized spacial score (nSPS) is 19.9. The Kier molecular flexibility index (Phi) is 6.59. The molecule has 0 bridgehead atoms. The second kappa shape index (κ2) is 10.1. The second-order valence-corrected chi connectivity index (χ2v) is 10.4. The first-order valence-electron chi connectivity index (χ1n) is 13.7. The minimum absolute atomic E-state index is 0.00814. The number of aromatic nitrogens is 1. The largest absolute Gasteiger partial charge is 0.733 e. The molecule has 0 spiro atoms. The molecule has 10 heteroatoms. The van der Waals surface area contributed by atoms with Crippen LogP contribution in [0, 0.1) is 5.21 Å². The Morgan fingerprint density at radius 3 is 2.51 bits per heavy atom. The van der Waals surface area contributed by atoms with Crippen LogP contribution in [0.2, 0.25) is 0 Å². The number of carbonyl (C=O) groups is 2. The highest BCUT2D eigenvalue weighted by Gasteiger charge is 2.60. The number of nitrogens with zero attached hydrogens (tertiary/aromatic N) is 3. The number of carbonyl (C=O) groups excluding carboxylic acids is 2. The zero-order chi connectivity index (χ0) is 28.9. The molecular formula is C31H31N4O6-. The maximum atomic E-state index is 14.1. The first-order valence-corrected chi connectivity index (χ1v) is 13.7. The van der Waals surface area contributed by atoms with Gasteiger partial charge in [0.15, 0.2) is 17.0 Å². The standard InChI is InChI=1S/C31H31N4O6/c1-4-16-41-25-15-10-19(17-26(25)40-5-2)23-18-33-30(37)34(20-11-13-21(14-12-20)35(38)39)29(36)31(33,3)28-27(23)22-8-6-7-9-24(22)32-28/h6-15,17,23,32,38H,4-5,16,18H2,1-3H3/q-1/t23?,31-/m0/s1. The van der Waals surface area contributed by atoms with Gasteiger partial charge in [-0.05, 0) is 73.9 Å². The Bertz CT molecular complexity index is 1630.